The number of aromatic nitrogens is 2. The zero-order chi connectivity index (χ0) is 11.3. The largest absolute Gasteiger partial charge is 0.406 e. The molecule has 0 bridgehead atoms. The first-order chi connectivity index (χ1) is 7.17. The van der Waals surface area contributed by atoms with Crippen LogP contribution in [0.4, 0.5) is 6.01 Å². The van der Waals surface area contributed by atoms with E-state index in [9.17, 15) is 0 Å². The van der Waals surface area contributed by atoms with Gasteiger partial charge in [0.25, 0.3) is 0 Å². The van der Waals surface area contributed by atoms with E-state index in [0.717, 1.165) is 13.0 Å². The van der Waals surface area contributed by atoms with Crippen molar-refractivity contribution in [2.75, 3.05) is 11.9 Å². The molecule has 15 heavy (non-hydrogen) atoms. The third-order valence-corrected chi connectivity index (χ3v) is 2.30. The van der Waals surface area contributed by atoms with Crippen molar-refractivity contribution in [3.05, 3.63) is 5.89 Å². The van der Waals surface area contributed by atoms with Crippen LogP contribution in [0, 0.1) is 0 Å². The smallest absolute Gasteiger partial charge is 0.315 e. The van der Waals surface area contributed by atoms with Crippen molar-refractivity contribution in [2.24, 2.45) is 0 Å². The maximum atomic E-state index is 5.47. The van der Waals surface area contributed by atoms with Crippen LogP contribution in [0.3, 0.4) is 0 Å². The highest BCUT2D eigenvalue weighted by Crippen LogP contribution is 2.14. The number of hydrogen-bond donors (Lipinski definition) is 2. The molecule has 2 unspecified atom stereocenters. The van der Waals surface area contributed by atoms with Crippen LogP contribution in [0.1, 0.15) is 46.0 Å². The molecular formula is C10H20N4O. The van der Waals surface area contributed by atoms with E-state index >= 15 is 0 Å². The summed E-state index contributed by atoms with van der Waals surface area (Å²) >= 11 is 0. The highest BCUT2D eigenvalue weighted by atomic mass is 16.4. The molecule has 1 heterocycles. The molecule has 1 aromatic rings. The Hall–Kier alpha value is -1.10. The molecule has 0 aliphatic carbocycles. The molecule has 5 heteroatoms. The van der Waals surface area contributed by atoms with Gasteiger partial charge in [0.1, 0.15) is 0 Å². The first-order valence-corrected chi connectivity index (χ1v) is 5.50. The van der Waals surface area contributed by atoms with Gasteiger partial charge in [0.2, 0.25) is 5.89 Å². The van der Waals surface area contributed by atoms with Gasteiger partial charge in [-0.25, -0.2) is 0 Å². The average molecular weight is 212 g/mol. The molecule has 0 aliphatic heterocycles. The van der Waals surface area contributed by atoms with Crippen molar-refractivity contribution >= 4 is 6.01 Å². The molecule has 0 fully saturated rings. The summed E-state index contributed by atoms with van der Waals surface area (Å²) < 4.78 is 5.47. The van der Waals surface area contributed by atoms with E-state index in [1.807, 2.05) is 13.8 Å². The summed E-state index contributed by atoms with van der Waals surface area (Å²) in [6, 6.07) is 0.965. The minimum absolute atomic E-state index is 0.106. The van der Waals surface area contributed by atoms with E-state index in [-0.39, 0.29) is 6.04 Å². The van der Waals surface area contributed by atoms with E-state index in [0.29, 0.717) is 17.9 Å². The van der Waals surface area contributed by atoms with Crippen molar-refractivity contribution in [1.82, 2.24) is 15.5 Å². The van der Waals surface area contributed by atoms with Crippen LogP contribution in [0.15, 0.2) is 4.42 Å². The van der Waals surface area contributed by atoms with Gasteiger partial charge in [-0.2, -0.15) is 0 Å². The Labute approximate surface area is 90.7 Å². The highest BCUT2D eigenvalue weighted by Gasteiger charge is 2.13. The second-order valence-corrected chi connectivity index (χ2v) is 3.68. The van der Waals surface area contributed by atoms with Gasteiger partial charge in [-0.05, 0) is 26.8 Å². The van der Waals surface area contributed by atoms with Crippen molar-refractivity contribution in [3.8, 4) is 0 Å². The normalized spacial score (nSPS) is 14.9. The van der Waals surface area contributed by atoms with E-state index < -0.39 is 0 Å². The molecule has 86 valence electrons. The predicted molar refractivity (Wildman–Crippen MR) is 59.8 cm³/mol. The standard InChI is InChI=1S/C10H20N4O/c1-5-7(3)12-10-14-13-9(15-10)8(4)11-6-2/h7-8,11H,5-6H2,1-4H3,(H,12,14). The first kappa shape index (κ1) is 12.0. The minimum Gasteiger partial charge on any atom is -0.406 e. The number of hydrogen-bond acceptors (Lipinski definition) is 5. The molecule has 0 aliphatic rings. The quantitative estimate of drug-likeness (QED) is 0.754. The molecule has 0 radical (unpaired) electrons. The Morgan fingerprint density at radius 1 is 1.27 bits per heavy atom. The lowest BCUT2D eigenvalue weighted by atomic mass is 10.3. The molecule has 5 nitrogen and oxygen atoms in total. The van der Waals surface area contributed by atoms with Gasteiger partial charge >= 0.3 is 6.01 Å². The van der Waals surface area contributed by atoms with Crippen LogP contribution in [0.5, 0.6) is 0 Å². The fourth-order valence-electron chi connectivity index (χ4n) is 1.17. The summed E-state index contributed by atoms with van der Waals surface area (Å²) in [4.78, 5) is 0. The van der Waals surface area contributed by atoms with Crippen molar-refractivity contribution in [1.29, 1.82) is 0 Å². The number of nitrogens with zero attached hydrogens (tertiary/aromatic N) is 2. The van der Waals surface area contributed by atoms with Crippen molar-refractivity contribution < 1.29 is 4.42 Å². The Morgan fingerprint density at radius 3 is 2.60 bits per heavy atom. The van der Waals surface area contributed by atoms with E-state index in [1.54, 1.807) is 0 Å². The molecule has 0 aromatic carbocycles. The van der Waals surface area contributed by atoms with Gasteiger partial charge in [-0.1, -0.05) is 18.9 Å². The van der Waals surface area contributed by atoms with Crippen LogP contribution in [-0.4, -0.2) is 22.8 Å². The van der Waals surface area contributed by atoms with Gasteiger partial charge in [0.05, 0.1) is 6.04 Å². The monoisotopic (exact) mass is 212 g/mol. The molecule has 0 saturated heterocycles. The van der Waals surface area contributed by atoms with E-state index in [4.69, 9.17) is 4.42 Å². The fraction of sp³-hybridized carbons (Fsp3) is 0.800. The lowest BCUT2D eigenvalue weighted by molar-refractivity contribution is 0.426. The minimum atomic E-state index is 0.106. The Balaban J connectivity index is 2.55. The second kappa shape index (κ2) is 5.70. The SMILES string of the molecule is CCNC(C)c1nnc(NC(C)CC)o1. The average Bonchev–Trinajstić information content (AvgIpc) is 2.66. The topological polar surface area (TPSA) is 63.0 Å². The molecule has 0 saturated carbocycles. The number of nitrogens with one attached hydrogen (secondary N) is 2. The van der Waals surface area contributed by atoms with Gasteiger partial charge in [-0.3, -0.25) is 0 Å². The van der Waals surface area contributed by atoms with E-state index in [1.165, 1.54) is 0 Å². The van der Waals surface area contributed by atoms with Crippen LogP contribution in [0.25, 0.3) is 0 Å². The van der Waals surface area contributed by atoms with Gasteiger partial charge in [0.15, 0.2) is 0 Å². The van der Waals surface area contributed by atoms with Gasteiger partial charge < -0.3 is 15.1 Å². The van der Waals surface area contributed by atoms with Gasteiger partial charge in [-0.15, -0.1) is 5.10 Å². The first-order valence-electron chi connectivity index (χ1n) is 5.50. The summed E-state index contributed by atoms with van der Waals surface area (Å²) in [5.74, 6) is 0.627. The van der Waals surface area contributed by atoms with Crippen LogP contribution >= 0.6 is 0 Å². The Bertz CT molecular complexity index is 287. The summed E-state index contributed by atoms with van der Waals surface area (Å²) in [5, 5.41) is 14.3. The summed E-state index contributed by atoms with van der Waals surface area (Å²) in [6.07, 6.45) is 1.03. The molecule has 1 rings (SSSR count). The Kier molecular flexibility index (Phi) is 4.55. The van der Waals surface area contributed by atoms with Crippen LogP contribution in [-0.2, 0) is 0 Å². The molecule has 1 aromatic heterocycles. The summed E-state index contributed by atoms with van der Waals surface area (Å²) in [5.41, 5.74) is 0. The van der Waals surface area contributed by atoms with Gasteiger partial charge in [0, 0.05) is 6.04 Å². The lowest BCUT2D eigenvalue weighted by Gasteiger charge is -2.08. The summed E-state index contributed by atoms with van der Waals surface area (Å²) in [7, 11) is 0. The number of rotatable bonds is 6. The molecule has 0 spiro atoms. The maximum absolute atomic E-state index is 5.47. The third kappa shape index (κ3) is 3.51. The molecule has 0 amide bonds. The highest BCUT2D eigenvalue weighted by molar-refractivity contribution is 5.19. The van der Waals surface area contributed by atoms with Crippen molar-refractivity contribution in [2.45, 2.75) is 46.2 Å². The van der Waals surface area contributed by atoms with E-state index in [2.05, 4.69) is 34.7 Å². The van der Waals surface area contributed by atoms with Crippen LogP contribution in [0.2, 0.25) is 0 Å². The molecule has 2 atom stereocenters. The zero-order valence-electron chi connectivity index (χ0n) is 9.87. The number of anilines is 1. The zero-order valence-corrected chi connectivity index (χ0v) is 9.87. The summed E-state index contributed by atoms with van der Waals surface area (Å²) in [6.45, 7) is 9.13. The van der Waals surface area contributed by atoms with Crippen molar-refractivity contribution in [3.63, 3.8) is 0 Å². The fourth-order valence-corrected chi connectivity index (χ4v) is 1.17. The third-order valence-electron chi connectivity index (χ3n) is 2.30. The lowest BCUT2D eigenvalue weighted by Crippen LogP contribution is -2.17. The second-order valence-electron chi connectivity index (χ2n) is 3.68. The Morgan fingerprint density at radius 2 is 2.00 bits per heavy atom. The molecular weight excluding hydrogens is 192 g/mol. The maximum Gasteiger partial charge on any atom is 0.315 e. The predicted octanol–water partition coefficient (Wildman–Crippen LogP) is 1.95. The molecule has 2 N–H and O–H groups in total. The van der Waals surface area contributed by atoms with Crippen LogP contribution < -0.4 is 10.6 Å².